The molecule has 50 heavy (non-hydrogen) atoms. The Morgan fingerprint density at radius 3 is 0.920 bits per heavy atom. The van der Waals surface area contributed by atoms with Gasteiger partial charge in [-0.1, -0.05) is 72.8 Å². The maximum atomic E-state index is 12.6. The van der Waals surface area contributed by atoms with E-state index in [1.165, 1.54) is 0 Å². The van der Waals surface area contributed by atoms with Crippen molar-refractivity contribution in [1.29, 1.82) is 0 Å². The van der Waals surface area contributed by atoms with Crippen LogP contribution < -0.4 is 8.37 Å². The predicted octanol–water partition coefficient (Wildman–Crippen LogP) is 8.62. The first-order valence-corrected chi connectivity index (χ1v) is 19.2. The van der Waals surface area contributed by atoms with Gasteiger partial charge >= 0.3 is 20.8 Å². The number of rotatable bonds is 4. The molecule has 0 heterocycles. The van der Waals surface area contributed by atoms with Gasteiger partial charge in [0.05, 0.1) is 0 Å². The van der Waals surface area contributed by atoms with Gasteiger partial charge in [-0.25, -0.2) is 0 Å². The number of hydrogen-bond donors (Lipinski definition) is 2. The fraction of sp³-hybridized carbons (Fsp3) is 0.150. The summed E-state index contributed by atoms with van der Waals surface area (Å²) in [6, 6.07) is 33.2. The van der Waals surface area contributed by atoms with Crippen molar-refractivity contribution in [3.63, 3.8) is 0 Å². The zero-order chi connectivity index (χ0) is 33.8. The van der Waals surface area contributed by atoms with Gasteiger partial charge in [0.15, 0.2) is 11.5 Å². The molecule has 4 bridgehead atoms. The van der Waals surface area contributed by atoms with Gasteiger partial charge in [0.25, 0.3) is 0 Å². The lowest BCUT2D eigenvalue weighted by molar-refractivity contribution is 0.375. The molecule has 2 N–H and O–H groups in total. The molecule has 246 valence electrons. The molecule has 4 unspecified atom stereocenters. The minimum atomic E-state index is -4.98. The molecule has 0 fully saturated rings. The summed E-state index contributed by atoms with van der Waals surface area (Å²) in [5.74, 6) is -1.34. The Morgan fingerprint density at radius 2 is 0.680 bits per heavy atom. The minimum absolute atomic E-state index is 0.0358. The van der Waals surface area contributed by atoms with Crippen LogP contribution in [0.25, 0.3) is 43.1 Å². The van der Waals surface area contributed by atoms with Gasteiger partial charge < -0.3 is 8.37 Å². The second-order valence-electron chi connectivity index (χ2n) is 14.1. The molecule has 4 aliphatic rings. The Balaban J connectivity index is 1.18. The second kappa shape index (κ2) is 9.41. The van der Waals surface area contributed by atoms with Gasteiger partial charge in [-0.2, -0.15) is 16.8 Å². The van der Waals surface area contributed by atoms with E-state index in [-0.39, 0.29) is 35.2 Å². The lowest BCUT2D eigenvalue weighted by atomic mass is 9.76. The van der Waals surface area contributed by atoms with Crippen LogP contribution in [0.15, 0.2) is 97.1 Å². The monoisotopic (exact) mass is 698 g/mol. The van der Waals surface area contributed by atoms with Crippen LogP contribution in [0.4, 0.5) is 0 Å². The fourth-order valence-electron chi connectivity index (χ4n) is 9.89. The van der Waals surface area contributed by atoms with E-state index in [0.717, 1.165) is 65.3 Å². The molecule has 11 rings (SSSR count). The molecule has 0 aromatic heterocycles. The number of benzene rings is 7. The molecule has 0 aliphatic heterocycles. The van der Waals surface area contributed by atoms with Crippen LogP contribution in [0, 0.1) is 0 Å². The van der Waals surface area contributed by atoms with E-state index in [1.807, 2.05) is 24.3 Å². The average molecular weight is 699 g/mol. The average Bonchev–Trinajstić information content (AvgIpc) is 3.83. The van der Waals surface area contributed by atoms with Crippen molar-refractivity contribution in [3.8, 4) is 11.5 Å². The maximum absolute atomic E-state index is 12.6. The number of fused-ring (bicyclic) bond motifs is 20. The molecular weight excluding hydrogens is 673 g/mol. The summed E-state index contributed by atoms with van der Waals surface area (Å²) in [6.45, 7) is 0. The highest BCUT2D eigenvalue weighted by molar-refractivity contribution is 7.81. The van der Waals surface area contributed by atoms with Crippen molar-refractivity contribution in [2.75, 3.05) is 0 Å². The molecule has 8 nitrogen and oxygen atoms in total. The van der Waals surface area contributed by atoms with Gasteiger partial charge in [-0.3, -0.25) is 9.11 Å². The Bertz CT molecular complexity index is 2610. The Hall–Kier alpha value is -5.00. The summed E-state index contributed by atoms with van der Waals surface area (Å²) >= 11 is 0. The van der Waals surface area contributed by atoms with Gasteiger partial charge in [0, 0.05) is 45.9 Å². The normalized spacial score (nSPS) is 21.2. The summed E-state index contributed by atoms with van der Waals surface area (Å²) in [7, 11) is -9.97. The van der Waals surface area contributed by atoms with E-state index in [0.29, 0.717) is 35.1 Å². The van der Waals surface area contributed by atoms with Crippen molar-refractivity contribution < 1.29 is 34.3 Å². The van der Waals surface area contributed by atoms with Gasteiger partial charge in [-0.15, -0.1) is 0 Å². The molecule has 0 saturated heterocycles. The first kappa shape index (κ1) is 28.8. The molecule has 0 radical (unpaired) electrons. The highest BCUT2D eigenvalue weighted by Gasteiger charge is 2.54. The molecule has 0 saturated carbocycles. The lowest BCUT2D eigenvalue weighted by Crippen LogP contribution is -2.19. The molecule has 4 atom stereocenters. The van der Waals surface area contributed by atoms with E-state index in [4.69, 9.17) is 8.37 Å². The minimum Gasteiger partial charge on any atom is -0.361 e. The van der Waals surface area contributed by atoms with Crippen LogP contribution in [-0.4, -0.2) is 25.9 Å². The zero-order valence-electron chi connectivity index (χ0n) is 26.1. The maximum Gasteiger partial charge on any atom is 0.446 e. The smallest absolute Gasteiger partial charge is 0.361 e. The third-order valence-corrected chi connectivity index (χ3v) is 12.3. The highest BCUT2D eigenvalue weighted by atomic mass is 32.3. The highest BCUT2D eigenvalue weighted by Crippen LogP contribution is 2.70. The first-order chi connectivity index (χ1) is 24.0. The van der Waals surface area contributed by atoms with Crippen molar-refractivity contribution in [1.82, 2.24) is 0 Å². The molecular formula is C40H26O8S2. The van der Waals surface area contributed by atoms with Crippen LogP contribution in [-0.2, 0) is 20.8 Å². The molecule has 0 spiro atoms. The molecule has 10 heteroatoms. The topological polar surface area (TPSA) is 127 Å². The van der Waals surface area contributed by atoms with Crippen LogP contribution in [0.5, 0.6) is 11.5 Å². The van der Waals surface area contributed by atoms with E-state index in [1.54, 1.807) is 0 Å². The summed E-state index contributed by atoms with van der Waals surface area (Å²) in [5.41, 5.74) is 5.90. The number of hydrogen-bond acceptors (Lipinski definition) is 6. The van der Waals surface area contributed by atoms with Gasteiger partial charge in [0.2, 0.25) is 0 Å². The summed E-state index contributed by atoms with van der Waals surface area (Å²) in [4.78, 5) is 0. The Labute approximate surface area is 286 Å². The SMILES string of the molecule is O=S(=O)(O)Oc1c2c(c(OS(=O)(=O)O)c3c1C1CC3c3cc4cc5ccccc5cc4cc31)C1CC2c2cc3cc4ccccc4cc3cc21. The lowest BCUT2D eigenvalue weighted by Gasteiger charge is -2.30. The van der Waals surface area contributed by atoms with Gasteiger partial charge in [-0.05, 0) is 102 Å². The van der Waals surface area contributed by atoms with Crippen molar-refractivity contribution in [2.24, 2.45) is 0 Å². The van der Waals surface area contributed by atoms with E-state index < -0.39 is 20.8 Å². The molecule has 0 amide bonds. The molecule has 7 aromatic carbocycles. The third-order valence-electron chi connectivity index (χ3n) is 11.6. The summed E-state index contributed by atoms with van der Waals surface area (Å²) in [5, 5.41) is 8.47. The quantitative estimate of drug-likeness (QED) is 0.138. The van der Waals surface area contributed by atoms with Crippen LogP contribution in [0.1, 0.15) is 81.0 Å². The van der Waals surface area contributed by atoms with Crippen LogP contribution in [0.3, 0.4) is 0 Å². The fourth-order valence-corrected chi connectivity index (χ4v) is 10.7. The predicted molar refractivity (Wildman–Crippen MR) is 190 cm³/mol. The largest absolute Gasteiger partial charge is 0.446 e. The van der Waals surface area contributed by atoms with E-state index >= 15 is 0 Å². The third kappa shape index (κ3) is 3.93. The summed E-state index contributed by atoms with van der Waals surface area (Å²) < 4.78 is 81.8. The van der Waals surface area contributed by atoms with Crippen LogP contribution >= 0.6 is 0 Å². The molecule has 4 aliphatic carbocycles. The standard InChI is InChI=1S/C40H26O8S2/c41-49(42,43)47-39-35-31-17-32(28-14-24-10-20-6-2-1-5-19(20)9-23(24)13-27(28)31)36(35)40(48-50(44,45)46)38-34-18-33(37(38)39)29-15-25-11-21-7-3-4-8-22(21)12-26(25)16-30(29)34/h1-16,31-34H,17-18H2,(H,41,42,43)(H,44,45,46). The van der Waals surface area contributed by atoms with E-state index in [2.05, 4.69) is 72.8 Å². The Morgan fingerprint density at radius 1 is 0.420 bits per heavy atom. The zero-order valence-corrected chi connectivity index (χ0v) is 27.8. The van der Waals surface area contributed by atoms with Gasteiger partial charge in [0.1, 0.15) is 0 Å². The summed E-state index contributed by atoms with van der Waals surface area (Å²) in [6.07, 6.45) is 1.07. The first-order valence-electron chi connectivity index (χ1n) is 16.5. The van der Waals surface area contributed by atoms with Crippen LogP contribution in [0.2, 0.25) is 0 Å². The van der Waals surface area contributed by atoms with Crippen molar-refractivity contribution >= 4 is 63.9 Å². The van der Waals surface area contributed by atoms with Crippen molar-refractivity contribution in [2.45, 2.75) is 36.5 Å². The van der Waals surface area contributed by atoms with Crippen molar-refractivity contribution in [3.05, 3.63) is 142 Å². The molecule has 7 aromatic rings. The second-order valence-corrected chi connectivity index (χ2v) is 16.1. The Kier molecular flexibility index (Phi) is 5.42. The van der Waals surface area contributed by atoms with E-state index in [9.17, 15) is 25.9 Å².